The van der Waals surface area contributed by atoms with Gasteiger partial charge < -0.3 is 10.4 Å². The summed E-state index contributed by atoms with van der Waals surface area (Å²) in [4.78, 5) is 11.7. The molecule has 0 fully saturated rings. The van der Waals surface area contributed by atoms with Gasteiger partial charge in [0, 0.05) is 24.6 Å². The van der Waals surface area contributed by atoms with Crippen LogP contribution in [0.1, 0.15) is 19.8 Å². The van der Waals surface area contributed by atoms with E-state index >= 15 is 0 Å². The topological polar surface area (TPSA) is 83.5 Å². The molecule has 1 amide bonds. The molecular formula is C15H21NO4S. The van der Waals surface area contributed by atoms with E-state index in [-0.39, 0.29) is 17.4 Å². The van der Waals surface area contributed by atoms with Crippen LogP contribution in [0.5, 0.6) is 0 Å². The van der Waals surface area contributed by atoms with Gasteiger partial charge in [0.15, 0.2) is 9.84 Å². The standard InChI is InChI=1S/C15H21NO4S/c1-13(12-17)6-5-10-16-15(18)9-11-21(19,20)14-7-3-2-4-8-14/h2-4,7-9,11,13,17H,5-6,10,12H2,1H3,(H,16,18)/b11-9+. The van der Waals surface area contributed by atoms with Crippen molar-refractivity contribution in [2.75, 3.05) is 13.2 Å². The zero-order chi connectivity index (χ0) is 15.7. The van der Waals surface area contributed by atoms with Gasteiger partial charge in [0.05, 0.1) is 4.90 Å². The average molecular weight is 311 g/mol. The van der Waals surface area contributed by atoms with Gasteiger partial charge >= 0.3 is 0 Å². The summed E-state index contributed by atoms with van der Waals surface area (Å²) in [6.45, 7) is 2.51. The zero-order valence-corrected chi connectivity index (χ0v) is 12.8. The summed E-state index contributed by atoms with van der Waals surface area (Å²) in [7, 11) is -3.58. The first-order chi connectivity index (χ1) is 9.95. The molecule has 5 nitrogen and oxygen atoms in total. The molecule has 0 aliphatic rings. The van der Waals surface area contributed by atoms with E-state index in [0.29, 0.717) is 6.54 Å². The predicted molar refractivity (Wildman–Crippen MR) is 81.3 cm³/mol. The lowest BCUT2D eigenvalue weighted by Crippen LogP contribution is -2.23. The number of carbonyl (C=O) groups excluding carboxylic acids is 1. The monoisotopic (exact) mass is 311 g/mol. The molecule has 6 heteroatoms. The van der Waals surface area contributed by atoms with Crippen molar-refractivity contribution in [2.24, 2.45) is 5.92 Å². The van der Waals surface area contributed by atoms with Crippen LogP contribution >= 0.6 is 0 Å². The van der Waals surface area contributed by atoms with Crippen LogP contribution in [0.2, 0.25) is 0 Å². The predicted octanol–water partition coefficient (Wildman–Crippen LogP) is 1.50. The molecule has 2 N–H and O–H groups in total. The summed E-state index contributed by atoms with van der Waals surface area (Å²) in [5.74, 6) is -0.234. The summed E-state index contributed by atoms with van der Waals surface area (Å²) in [6.07, 6.45) is 2.58. The molecule has 1 aromatic rings. The fourth-order valence-corrected chi connectivity index (χ4v) is 2.65. The van der Waals surface area contributed by atoms with Crippen molar-refractivity contribution in [3.63, 3.8) is 0 Å². The number of hydrogen-bond acceptors (Lipinski definition) is 4. The number of benzene rings is 1. The molecule has 21 heavy (non-hydrogen) atoms. The first kappa shape index (κ1) is 17.4. The minimum atomic E-state index is -3.58. The normalized spacial score (nSPS) is 13.2. The van der Waals surface area contributed by atoms with E-state index in [9.17, 15) is 13.2 Å². The molecule has 0 radical (unpaired) electrons. The smallest absolute Gasteiger partial charge is 0.244 e. The maximum absolute atomic E-state index is 11.9. The van der Waals surface area contributed by atoms with Gasteiger partial charge in [0.2, 0.25) is 5.91 Å². The zero-order valence-electron chi connectivity index (χ0n) is 12.0. The summed E-state index contributed by atoms with van der Waals surface area (Å²) >= 11 is 0. The molecule has 0 aliphatic carbocycles. The highest BCUT2D eigenvalue weighted by atomic mass is 32.2. The molecule has 0 heterocycles. The highest BCUT2D eigenvalue weighted by Crippen LogP contribution is 2.10. The van der Waals surface area contributed by atoms with Gasteiger partial charge in [-0.25, -0.2) is 8.42 Å². The third-order valence-electron chi connectivity index (χ3n) is 2.95. The van der Waals surface area contributed by atoms with E-state index in [1.807, 2.05) is 6.92 Å². The van der Waals surface area contributed by atoms with Gasteiger partial charge in [0.1, 0.15) is 0 Å². The second-order valence-electron chi connectivity index (χ2n) is 4.88. The van der Waals surface area contributed by atoms with Crippen molar-refractivity contribution in [1.82, 2.24) is 5.32 Å². The van der Waals surface area contributed by atoms with Crippen LogP contribution in [-0.2, 0) is 14.6 Å². The Labute approximate surface area is 125 Å². The number of sulfone groups is 1. The van der Waals surface area contributed by atoms with Crippen molar-refractivity contribution in [2.45, 2.75) is 24.7 Å². The molecule has 0 spiro atoms. The van der Waals surface area contributed by atoms with E-state index < -0.39 is 15.7 Å². The second kappa shape index (κ2) is 8.59. The summed E-state index contributed by atoms with van der Waals surface area (Å²) in [5.41, 5.74) is 0. The van der Waals surface area contributed by atoms with Crippen LogP contribution in [0.4, 0.5) is 0 Å². The maximum atomic E-state index is 11.9. The summed E-state index contributed by atoms with van der Waals surface area (Å²) in [6, 6.07) is 7.94. The molecule has 1 unspecified atom stereocenters. The third kappa shape index (κ3) is 6.55. The first-order valence-corrected chi connectivity index (χ1v) is 8.37. The van der Waals surface area contributed by atoms with Gasteiger partial charge in [-0.15, -0.1) is 0 Å². The number of aliphatic hydroxyl groups is 1. The van der Waals surface area contributed by atoms with Crippen molar-refractivity contribution in [1.29, 1.82) is 0 Å². The van der Waals surface area contributed by atoms with Crippen molar-refractivity contribution < 1.29 is 18.3 Å². The largest absolute Gasteiger partial charge is 0.396 e. The number of aliphatic hydroxyl groups excluding tert-OH is 1. The third-order valence-corrected chi connectivity index (χ3v) is 4.38. The van der Waals surface area contributed by atoms with E-state index in [1.54, 1.807) is 18.2 Å². The lowest BCUT2D eigenvalue weighted by Gasteiger charge is -2.07. The quantitative estimate of drug-likeness (QED) is 0.563. The molecule has 116 valence electrons. The molecule has 1 atom stereocenters. The Morgan fingerprint density at radius 3 is 2.62 bits per heavy atom. The fraction of sp³-hybridized carbons (Fsp3) is 0.400. The molecule has 0 aliphatic heterocycles. The van der Waals surface area contributed by atoms with Crippen molar-refractivity contribution >= 4 is 15.7 Å². The molecule has 0 aromatic heterocycles. The van der Waals surface area contributed by atoms with Crippen LogP contribution in [0.15, 0.2) is 46.7 Å². The first-order valence-electron chi connectivity index (χ1n) is 6.82. The van der Waals surface area contributed by atoms with E-state index in [2.05, 4.69) is 5.32 Å². The van der Waals surface area contributed by atoms with Gasteiger partial charge in [-0.3, -0.25) is 4.79 Å². The lowest BCUT2D eigenvalue weighted by atomic mass is 10.1. The van der Waals surface area contributed by atoms with Crippen LogP contribution < -0.4 is 5.32 Å². The second-order valence-corrected chi connectivity index (χ2v) is 6.72. The van der Waals surface area contributed by atoms with Crippen LogP contribution in [0.25, 0.3) is 0 Å². The molecule has 0 saturated carbocycles. The number of carbonyl (C=O) groups is 1. The molecule has 1 rings (SSSR count). The highest BCUT2D eigenvalue weighted by molar-refractivity contribution is 7.94. The molecule has 0 saturated heterocycles. The number of rotatable bonds is 8. The Bertz CT molecular complexity index is 567. The van der Waals surface area contributed by atoms with Gasteiger partial charge in [-0.05, 0) is 30.9 Å². The van der Waals surface area contributed by atoms with Crippen LogP contribution in [0.3, 0.4) is 0 Å². The molecule has 0 bridgehead atoms. The highest BCUT2D eigenvalue weighted by Gasteiger charge is 2.09. The lowest BCUT2D eigenvalue weighted by molar-refractivity contribution is -0.116. The van der Waals surface area contributed by atoms with Crippen LogP contribution in [-0.4, -0.2) is 32.6 Å². The molecule has 1 aromatic carbocycles. The maximum Gasteiger partial charge on any atom is 0.244 e. The Balaban J connectivity index is 2.44. The van der Waals surface area contributed by atoms with Gasteiger partial charge in [0.25, 0.3) is 0 Å². The Morgan fingerprint density at radius 1 is 1.33 bits per heavy atom. The van der Waals surface area contributed by atoms with Crippen LogP contribution in [0, 0.1) is 5.92 Å². The van der Waals surface area contributed by atoms with E-state index in [1.165, 1.54) is 12.1 Å². The minimum Gasteiger partial charge on any atom is -0.396 e. The Kier molecular flexibility index (Phi) is 7.11. The number of hydrogen-bond donors (Lipinski definition) is 2. The van der Waals surface area contributed by atoms with Gasteiger partial charge in [-0.2, -0.15) is 0 Å². The van der Waals surface area contributed by atoms with Gasteiger partial charge in [-0.1, -0.05) is 25.1 Å². The Hall–Kier alpha value is -1.66. The SMILES string of the molecule is CC(CO)CCCNC(=O)/C=C/S(=O)(=O)c1ccccc1. The van der Waals surface area contributed by atoms with E-state index in [4.69, 9.17) is 5.11 Å². The molecular weight excluding hydrogens is 290 g/mol. The van der Waals surface area contributed by atoms with Crippen molar-refractivity contribution in [3.8, 4) is 0 Å². The number of amides is 1. The Morgan fingerprint density at radius 2 is 2.00 bits per heavy atom. The summed E-state index contributed by atoms with van der Waals surface area (Å²) in [5, 5.41) is 12.4. The van der Waals surface area contributed by atoms with Crippen molar-refractivity contribution in [3.05, 3.63) is 41.8 Å². The number of nitrogens with one attached hydrogen (secondary N) is 1. The fourth-order valence-electron chi connectivity index (χ4n) is 1.65. The average Bonchev–Trinajstić information content (AvgIpc) is 2.50. The summed E-state index contributed by atoms with van der Waals surface area (Å²) < 4.78 is 23.8. The van der Waals surface area contributed by atoms with E-state index in [0.717, 1.165) is 24.3 Å². The minimum absolute atomic E-state index is 0.128.